The lowest BCUT2D eigenvalue weighted by Crippen LogP contribution is -2.48. The van der Waals surface area contributed by atoms with E-state index in [1.165, 1.54) is 4.90 Å². The van der Waals surface area contributed by atoms with Gasteiger partial charge in [0.1, 0.15) is 12.2 Å². The summed E-state index contributed by atoms with van der Waals surface area (Å²) < 4.78 is 10.8. The van der Waals surface area contributed by atoms with E-state index in [1.54, 1.807) is 20.8 Å². The van der Waals surface area contributed by atoms with Crippen LogP contribution in [0.1, 0.15) is 43.4 Å². The molecule has 0 bridgehead atoms. The van der Waals surface area contributed by atoms with Gasteiger partial charge in [-0.2, -0.15) is 0 Å². The number of alkyl carbamates (subject to hydrolysis) is 1. The van der Waals surface area contributed by atoms with Gasteiger partial charge in [-0.15, -0.1) is 0 Å². The van der Waals surface area contributed by atoms with Crippen LogP contribution in [0, 0.1) is 5.92 Å². The molecule has 3 aromatic carbocycles. The molecule has 0 aromatic heterocycles. The molecule has 4 rings (SSSR count). The van der Waals surface area contributed by atoms with Gasteiger partial charge in [0.05, 0.1) is 12.0 Å². The zero-order valence-corrected chi connectivity index (χ0v) is 22.0. The van der Waals surface area contributed by atoms with Crippen LogP contribution < -0.4 is 5.32 Å². The number of nitrogens with zero attached hydrogens (tertiary/aromatic N) is 1. The molecule has 7 nitrogen and oxygen atoms in total. The van der Waals surface area contributed by atoms with Crippen LogP contribution in [0.3, 0.4) is 0 Å². The van der Waals surface area contributed by atoms with Crippen molar-refractivity contribution in [1.82, 2.24) is 10.2 Å². The predicted molar refractivity (Wildman–Crippen MR) is 145 cm³/mol. The molecule has 3 aromatic rings. The molecule has 0 unspecified atom stereocenters. The van der Waals surface area contributed by atoms with Crippen molar-refractivity contribution >= 4 is 18.1 Å². The summed E-state index contributed by atoms with van der Waals surface area (Å²) in [4.78, 5) is 40.8. The topological polar surface area (TPSA) is 84.9 Å². The molecule has 7 heteroatoms. The van der Waals surface area contributed by atoms with Crippen molar-refractivity contribution in [3.63, 3.8) is 0 Å². The first-order chi connectivity index (χ1) is 18.2. The third-order valence-electron chi connectivity index (χ3n) is 6.41. The van der Waals surface area contributed by atoms with Gasteiger partial charge in [0.15, 0.2) is 0 Å². The van der Waals surface area contributed by atoms with Crippen molar-refractivity contribution in [2.75, 3.05) is 13.2 Å². The third kappa shape index (κ3) is 6.79. The highest BCUT2D eigenvalue weighted by Crippen LogP contribution is 2.35. The average molecular weight is 515 g/mol. The Bertz CT molecular complexity index is 1190. The van der Waals surface area contributed by atoms with E-state index in [0.717, 1.165) is 16.7 Å². The van der Waals surface area contributed by atoms with Crippen molar-refractivity contribution in [3.05, 3.63) is 108 Å². The highest BCUT2D eigenvalue weighted by Gasteiger charge is 2.45. The van der Waals surface area contributed by atoms with Crippen molar-refractivity contribution < 1.29 is 23.9 Å². The highest BCUT2D eigenvalue weighted by molar-refractivity contribution is 5.95. The van der Waals surface area contributed by atoms with Gasteiger partial charge in [-0.05, 0) is 43.9 Å². The fourth-order valence-corrected chi connectivity index (χ4v) is 4.76. The molecule has 1 aliphatic heterocycles. The molecule has 38 heavy (non-hydrogen) atoms. The Morgan fingerprint density at radius 3 is 1.97 bits per heavy atom. The molecule has 1 heterocycles. The average Bonchev–Trinajstić information content (AvgIpc) is 3.27. The minimum Gasteiger partial charge on any atom is -0.447 e. The summed E-state index contributed by atoms with van der Waals surface area (Å²) in [5, 5.41) is 2.73. The Morgan fingerprint density at radius 2 is 1.45 bits per heavy atom. The van der Waals surface area contributed by atoms with Gasteiger partial charge in [0.2, 0.25) is 5.91 Å². The van der Waals surface area contributed by atoms with Gasteiger partial charge in [0, 0.05) is 12.5 Å². The van der Waals surface area contributed by atoms with Crippen molar-refractivity contribution in [2.45, 2.75) is 44.8 Å². The zero-order chi connectivity index (χ0) is 27.1. The van der Waals surface area contributed by atoms with E-state index in [-0.39, 0.29) is 19.1 Å². The molecule has 2 atom stereocenters. The van der Waals surface area contributed by atoms with Crippen molar-refractivity contribution in [1.29, 1.82) is 0 Å². The highest BCUT2D eigenvalue weighted by atomic mass is 16.6. The molecule has 1 aliphatic rings. The SMILES string of the molecule is CC(C)(C)OC(=O)NC[C@@H](Cc1ccccc1)C(=O)N1C(=O)OC[C@H]1C(c1ccccc1)c1ccccc1. The number of benzene rings is 3. The van der Waals surface area contributed by atoms with E-state index in [2.05, 4.69) is 5.32 Å². The standard InChI is InChI=1S/C31H34N2O5/c1-31(2,3)38-29(35)32-20-25(19-22-13-7-4-8-14-22)28(34)33-26(21-37-30(33)36)27(23-15-9-5-10-16-23)24-17-11-6-12-18-24/h4-18,25-27H,19-21H2,1-3H3,(H,32,35)/t25-,26+/m1/s1. The fraction of sp³-hybridized carbons (Fsp3) is 0.323. The number of carbonyl (C=O) groups excluding carboxylic acids is 3. The lowest BCUT2D eigenvalue weighted by molar-refractivity contribution is -0.133. The van der Waals surface area contributed by atoms with E-state index in [1.807, 2.05) is 91.0 Å². The maximum atomic E-state index is 14.1. The number of nitrogens with one attached hydrogen (secondary N) is 1. The predicted octanol–water partition coefficient (Wildman–Crippen LogP) is 5.55. The number of hydrogen-bond donors (Lipinski definition) is 1. The second kappa shape index (κ2) is 11.9. The largest absolute Gasteiger partial charge is 0.447 e. The normalized spacial score (nSPS) is 16.2. The summed E-state index contributed by atoms with van der Waals surface area (Å²) in [7, 11) is 0. The van der Waals surface area contributed by atoms with Gasteiger partial charge in [-0.3, -0.25) is 4.79 Å². The number of amides is 3. The van der Waals surface area contributed by atoms with Gasteiger partial charge < -0.3 is 14.8 Å². The maximum absolute atomic E-state index is 14.1. The van der Waals surface area contributed by atoms with Crippen LogP contribution in [-0.2, 0) is 20.7 Å². The second-order valence-electron chi connectivity index (χ2n) is 10.4. The number of rotatable bonds is 8. The monoisotopic (exact) mass is 514 g/mol. The molecule has 0 saturated carbocycles. The van der Waals surface area contributed by atoms with Crippen molar-refractivity contribution in [2.24, 2.45) is 5.92 Å². The molecular weight excluding hydrogens is 480 g/mol. The van der Waals surface area contributed by atoms with Gasteiger partial charge >= 0.3 is 12.2 Å². The molecule has 1 N–H and O–H groups in total. The fourth-order valence-electron chi connectivity index (χ4n) is 4.76. The van der Waals surface area contributed by atoms with E-state index in [9.17, 15) is 14.4 Å². The van der Waals surface area contributed by atoms with E-state index in [4.69, 9.17) is 9.47 Å². The van der Waals surface area contributed by atoms with Gasteiger partial charge in [-0.1, -0.05) is 91.0 Å². The molecule has 1 saturated heterocycles. The van der Waals surface area contributed by atoms with Crippen LogP contribution in [0.25, 0.3) is 0 Å². The van der Waals surface area contributed by atoms with Crippen LogP contribution in [0.4, 0.5) is 9.59 Å². The number of cyclic esters (lactones) is 1. The summed E-state index contributed by atoms with van der Waals surface area (Å²) >= 11 is 0. The smallest absolute Gasteiger partial charge is 0.417 e. The van der Waals surface area contributed by atoms with Crippen LogP contribution in [0.5, 0.6) is 0 Å². The summed E-state index contributed by atoms with van der Waals surface area (Å²) in [6, 6.07) is 28.6. The Morgan fingerprint density at radius 1 is 0.921 bits per heavy atom. The quantitative estimate of drug-likeness (QED) is 0.426. The molecule has 1 fully saturated rings. The molecule has 0 aliphatic carbocycles. The summed E-state index contributed by atoms with van der Waals surface area (Å²) in [5.74, 6) is -1.37. The lowest BCUT2D eigenvalue weighted by Gasteiger charge is -2.31. The van der Waals surface area contributed by atoms with Crippen molar-refractivity contribution in [3.8, 4) is 0 Å². The zero-order valence-electron chi connectivity index (χ0n) is 22.0. The Balaban J connectivity index is 1.64. The number of ether oxygens (including phenoxy) is 2. The Kier molecular flexibility index (Phi) is 8.46. The van der Waals surface area contributed by atoms with Gasteiger partial charge in [0.25, 0.3) is 0 Å². The lowest BCUT2D eigenvalue weighted by atomic mass is 9.84. The molecule has 198 valence electrons. The third-order valence-corrected chi connectivity index (χ3v) is 6.41. The summed E-state index contributed by atoms with van der Waals surface area (Å²) in [6.45, 7) is 5.42. The van der Waals surface area contributed by atoms with E-state index in [0.29, 0.717) is 6.42 Å². The van der Waals surface area contributed by atoms with Crippen LogP contribution in [0.2, 0.25) is 0 Å². The first-order valence-electron chi connectivity index (χ1n) is 12.8. The second-order valence-corrected chi connectivity index (χ2v) is 10.4. The van der Waals surface area contributed by atoms with E-state index >= 15 is 0 Å². The Labute approximate surface area is 223 Å². The summed E-state index contributed by atoms with van der Waals surface area (Å²) in [6.07, 6.45) is -0.949. The first kappa shape index (κ1) is 26.9. The number of hydrogen-bond acceptors (Lipinski definition) is 5. The van der Waals surface area contributed by atoms with E-state index < -0.39 is 35.7 Å². The minimum atomic E-state index is -0.703. The number of imide groups is 1. The van der Waals surface area contributed by atoms with Crippen LogP contribution >= 0.6 is 0 Å². The molecule has 0 radical (unpaired) electrons. The molecule has 0 spiro atoms. The summed E-state index contributed by atoms with van der Waals surface area (Å²) in [5.41, 5.74) is 2.20. The first-order valence-corrected chi connectivity index (χ1v) is 12.8. The van der Waals surface area contributed by atoms with Crippen LogP contribution in [-0.4, -0.2) is 47.8 Å². The van der Waals surface area contributed by atoms with Crippen LogP contribution in [0.15, 0.2) is 91.0 Å². The Hall–Kier alpha value is -4.13. The number of carbonyl (C=O) groups is 3. The minimum absolute atomic E-state index is 0.0144. The molecular formula is C31H34N2O5. The maximum Gasteiger partial charge on any atom is 0.417 e. The molecule has 3 amide bonds. The van der Waals surface area contributed by atoms with Gasteiger partial charge in [-0.25, -0.2) is 14.5 Å².